The van der Waals surface area contributed by atoms with Crippen LogP contribution in [0, 0.1) is 18.8 Å². The second-order valence-electron chi connectivity index (χ2n) is 6.81. The van der Waals surface area contributed by atoms with Crippen LogP contribution in [0.5, 0.6) is 5.75 Å². The van der Waals surface area contributed by atoms with E-state index in [0.717, 1.165) is 40.8 Å². The summed E-state index contributed by atoms with van der Waals surface area (Å²) in [5.74, 6) is 1.39. The Bertz CT molecular complexity index is 562. The first-order valence-corrected chi connectivity index (χ1v) is 8.98. The van der Waals surface area contributed by atoms with E-state index in [4.69, 9.17) is 4.74 Å². The highest BCUT2D eigenvalue weighted by Gasteiger charge is 2.36. The molecule has 2 aliphatic carbocycles. The van der Waals surface area contributed by atoms with Crippen LogP contribution in [0.2, 0.25) is 0 Å². The van der Waals surface area contributed by atoms with Gasteiger partial charge >= 0.3 is 5.97 Å². The minimum Gasteiger partial charge on any atom is -0.492 e. The molecule has 1 aromatic carbocycles. The molecular weight excluding hydrogens is 344 g/mol. The number of halogens is 1. The molecule has 1 unspecified atom stereocenters. The van der Waals surface area contributed by atoms with E-state index < -0.39 is 5.97 Å². The molecular formula is C18H23BrO3. The van der Waals surface area contributed by atoms with Crippen molar-refractivity contribution in [2.45, 2.75) is 51.4 Å². The molecule has 1 atom stereocenters. The van der Waals surface area contributed by atoms with Crippen LogP contribution in [0.25, 0.3) is 0 Å². The maximum Gasteiger partial charge on any atom is 0.303 e. The fourth-order valence-electron chi connectivity index (χ4n) is 3.26. The van der Waals surface area contributed by atoms with Crippen LogP contribution in [-0.4, -0.2) is 17.7 Å². The number of hydrogen-bond acceptors (Lipinski definition) is 2. The molecule has 0 spiro atoms. The summed E-state index contributed by atoms with van der Waals surface area (Å²) in [6.07, 6.45) is 6.26. The number of hydrogen-bond donors (Lipinski definition) is 1. The third kappa shape index (κ3) is 3.65. The third-order valence-electron chi connectivity index (χ3n) is 4.89. The smallest absolute Gasteiger partial charge is 0.303 e. The van der Waals surface area contributed by atoms with Crippen molar-refractivity contribution in [1.82, 2.24) is 0 Å². The second kappa shape index (κ2) is 6.61. The molecule has 0 saturated heterocycles. The molecule has 2 saturated carbocycles. The Labute approximate surface area is 140 Å². The van der Waals surface area contributed by atoms with E-state index in [0.29, 0.717) is 11.8 Å². The first kappa shape index (κ1) is 15.9. The highest BCUT2D eigenvalue weighted by Crippen LogP contribution is 2.49. The lowest BCUT2D eigenvalue weighted by Crippen LogP contribution is -2.20. The van der Waals surface area contributed by atoms with Crippen molar-refractivity contribution >= 4 is 21.9 Å². The summed E-state index contributed by atoms with van der Waals surface area (Å²) < 4.78 is 7.08. The van der Waals surface area contributed by atoms with Crippen LogP contribution >= 0.6 is 15.9 Å². The van der Waals surface area contributed by atoms with Gasteiger partial charge in [0.15, 0.2) is 0 Å². The zero-order chi connectivity index (χ0) is 15.7. The Hall–Kier alpha value is -1.03. The van der Waals surface area contributed by atoms with Crippen LogP contribution in [0.15, 0.2) is 16.6 Å². The predicted molar refractivity (Wildman–Crippen MR) is 89.4 cm³/mol. The molecule has 1 N–H and O–H groups in total. The fourth-order valence-corrected chi connectivity index (χ4v) is 3.97. The molecule has 3 nitrogen and oxygen atoms in total. The van der Waals surface area contributed by atoms with Gasteiger partial charge in [-0.15, -0.1) is 0 Å². The van der Waals surface area contributed by atoms with Gasteiger partial charge in [-0.3, -0.25) is 4.79 Å². The summed E-state index contributed by atoms with van der Waals surface area (Å²) in [6.45, 7) is 2.80. The first-order chi connectivity index (χ1) is 10.5. The van der Waals surface area contributed by atoms with Crippen LogP contribution < -0.4 is 4.74 Å². The highest BCUT2D eigenvalue weighted by atomic mass is 79.9. The molecule has 4 heteroatoms. The lowest BCUT2D eigenvalue weighted by Gasteiger charge is -2.27. The van der Waals surface area contributed by atoms with Crippen LogP contribution in [0.1, 0.15) is 55.6 Å². The summed E-state index contributed by atoms with van der Waals surface area (Å²) in [5.41, 5.74) is 2.23. The summed E-state index contributed by atoms with van der Waals surface area (Å²) in [4.78, 5) is 11.3. The van der Waals surface area contributed by atoms with Crippen molar-refractivity contribution in [3.8, 4) is 5.75 Å². The van der Waals surface area contributed by atoms with Crippen molar-refractivity contribution in [3.63, 3.8) is 0 Å². The van der Waals surface area contributed by atoms with Gasteiger partial charge in [0.1, 0.15) is 5.75 Å². The Balaban J connectivity index is 1.86. The molecule has 120 valence electrons. The van der Waals surface area contributed by atoms with Crippen molar-refractivity contribution in [2.24, 2.45) is 11.8 Å². The van der Waals surface area contributed by atoms with Crippen molar-refractivity contribution in [3.05, 3.63) is 27.7 Å². The number of rotatable bonds is 7. The molecule has 0 amide bonds. The summed E-state index contributed by atoms with van der Waals surface area (Å²) in [5, 5.41) is 9.26. The predicted octanol–water partition coefficient (Wildman–Crippen LogP) is 4.90. The molecule has 0 radical (unpaired) electrons. The van der Waals surface area contributed by atoms with Gasteiger partial charge in [-0.1, -0.05) is 12.5 Å². The SMILES string of the molecule is Cc1cc(Br)c(OCC2CCC2)c(C(CC(=O)O)C2CC2)c1. The van der Waals surface area contributed by atoms with Crippen molar-refractivity contribution < 1.29 is 14.6 Å². The summed E-state index contributed by atoms with van der Waals surface area (Å²) >= 11 is 3.62. The van der Waals surface area contributed by atoms with E-state index in [1.165, 1.54) is 19.3 Å². The number of carbonyl (C=O) groups is 1. The van der Waals surface area contributed by atoms with E-state index in [-0.39, 0.29) is 12.3 Å². The zero-order valence-electron chi connectivity index (χ0n) is 13.0. The molecule has 3 rings (SSSR count). The molecule has 0 heterocycles. The fraction of sp³-hybridized carbons (Fsp3) is 0.611. The van der Waals surface area contributed by atoms with Gasteiger partial charge in [-0.05, 0) is 77.6 Å². The maximum absolute atomic E-state index is 11.3. The van der Waals surface area contributed by atoms with E-state index in [2.05, 4.69) is 35.0 Å². The molecule has 2 fully saturated rings. The quantitative estimate of drug-likeness (QED) is 0.745. The Kier molecular flexibility index (Phi) is 4.76. The number of carboxylic acid groups (broad SMARTS) is 1. The molecule has 0 bridgehead atoms. The van der Waals surface area contributed by atoms with Gasteiger partial charge in [-0.25, -0.2) is 0 Å². The van der Waals surface area contributed by atoms with Crippen molar-refractivity contribution in [2.75, 3.05) is 6.61 Å². The van der Waals surface area contributed by atoms with Gasteiger partial charge < -0.3 is 9.84 Å². The lowest BCUT2D eigenvalue weighted by molar-refractivity contribution is -0.137. The van der Waals surface area contributed by atoms with E-state index in [1.807, 2.05) is 0 Å². The van der Waals surface area contributed by atoms with Gasteiger partial charge in [-0.2, -0.15) is 0 Å². The van der Waals surface area contributed by atoms with Gasteiger partial charge in [0.2, 0.25) is 0 Å². The van der Waals surface area contributed by atoms with E-state index in [1.54, 1.807) is 0 Å². The van der Waals surface area contributed by atoms with E-state index in [9.17, 15) is 9.90 Å². The average molecular weight is 367 g/mol. The van der Waals surface area contributed by atoms with Gasteiger partial charge in [0.25, 0.3) is 0 Å². The first-order valence-electron chi connectivity index (χ1n) is 8.19. The number of ether oxygens (including phenoxy) is 1. The Morgan fingerprint density at radius 1 is 1.36 bits per heavy atom. The van der Waals surface area contributed by atoms with Crippen LogP contribution in [0.4, 0.5) is 0 Å². The van der Waals surface area contributed by atoms with Gasteiger partial charge in [0.05, 0.1) is 17.5 Å². The standard InChI is InChI=1S/C18H23BrO3/c1-11-7-15(14(9-17(20)21)13-5-6-13)18(16(19)8-11)22-10-12-3-2-4-12/h7-8,12-14H,2-6,9-10H2,1H3,(H,20,21). The van der Waals surface area contributed by atoms with Gasteiger partial charge in [0, 0.05) is 5.92 Å². The monoisotopic (exact) mass is 366 g/mol. The Morgan fingerprint density at radius 2 is 2.09 bits per heavy atom. The molecule has 0 aliphatic heterocycles. The summed E-state index contributed by atoms with van der Waals surface area (Å²) in [7, 11) is 0. The Morgan fingerprint density at radius 3 is 2.64 bits per heavy atom. The zero-order valence-corrected chi connectivity index (χ0v) is 14.6. The van der Waals surface area contributed by atoms with Crippen LogP contribution in [-0.2, 0) is 4.79 Å². The maximum atomic E-state index is 11.3. The number of aryl methyl sites for hydroxylation is 1. The molecule has 2 aliphatic rings. The average Bonchev–Trinajstić information content (AvgIpc) is 3.20. The third-order valence-corrected chi connectivity index (χ3v) is 5.48. The lowest BCUT2D eigenvalue weighted by atomic mass is 9.86. The second-order valence-corrected chi connectivity index (χ2v) is 7.67. The molecule has 0 aromatic heterocycles. The summed E-state index contributed by atoms with van der Waals surface area (Å²) in [6, 6.07) is 4.18. The largest absolute Gasteiger partial charge is 0.492 e. The normalized spacial score (nSPS) is 19.5. The highest BCUT2D eigenvalue weighted by molar-refractivity contribution is 9.10. The van der Waals surface area contributed by atoms with E-state index >= 15 is 0 Å². The van der Waals surface area contributed by atoms with Crippen LogP contribution in [0.3, 0.4) is 0 Å². The molecule has 1 aromatic rings. The molecule has 22 heavy (non-hydrogen) atoms. The minimum atomic E-state index is -0.723. The number of aliphatic carboxylic acids is 1. The number of benzene rings is 1. The number of carboxylic acids is 1. The topological polar surface area (TPSA) is 46.5 Å². The van der Waals surface area contributed by atoms with Crippen molar-refractivity contribution in [1.29, 1.82) is 0 Å². The minimum absolute atomic E-state index is 0.0742.